The molecular weight excluding hydrogens is 222 g/mol. The van der Waals surface area contributed by atoms with Gasteiger partial charge < -0.3 is 4.74 Å². The lowest BCUT2D eigenvalue weighted by Gasteiger charge is -2.22. The summed E-state index contributed by atoms with van der Waals surface area (Å²) in [7, 11) is 1.44. The summed E-state index contributed by atoms with van der Waals surface area (Å²) < 4.78 is 4.73. The van der Waals surface area contributed by atoms with Gasteiger partial charge in [0.2, 0.25) is 0 Å². The van der Waals surface area contributed by atoms with Crippen molar-refractivity contribution in [3.05, 3.63) is 22.4 Å². The van der Waals surface area contributed by atoms with E-state index >= 15 is 0 Å². The number of ether oxygens (including phenoxy) is 1. The minimum absolute atomic E-state index is 0.0649. The third-order valence-electron chi connectivity index (χ3n) is 2.54. The first-order valence-corrected chi connectivity index (χ1v) is 6.37. The third kappa shape index (κ3) is 3.94. The fourth-order valence-electron chi connectivity index (χ4n) is 1.59. The number of nitrogens with zero attached hydrogens (tertiary/aromatic N) is 1. The van der Waals surface area contributed by atoms with E-state index in [9.17, 15) is 4.79 Å². The van der Waals surface area contributed by atoms with Gasteiger partial charge in [0.15, 0.2) is 0 Å². The maximum Gasteiger partial charge on any atom is 0.309 e. The first-order chi connectivity index (χ1) is 7.67. The Hall–Kier alpha value is -0.870. The quantitative estimate of drug-likeness (QED) is 0.716. The number of thiophene rings is 1. The van der Waals surface area contributed by atoms with Crippen molar-refractivity contribution in [3.8, 4) is 0 Å². The van der Waals surface area contributed by atoms with Crippen LogP contribution in [0, 0.1) is 5.92 Å². The second-order valence-electron chi connectivity index (χ2n) is 3.83. The second kappa shape index (κ2) is 6.66. The molecule has 0 bridgehead atoms. The summed E-state index contributed by atoms with van der Waals surface area (Å²) in [5.41, 5.74) is 0. The highest BCUT2D eigenvalue weighted by molar-refractivity contribution is 7.09. The molecule has 0 N–H and O–H groups in total. The number of hydrogen-bond acceptors (Lipinski definition) is 4. The molecule has 0 aliphatic rings. The van der Waals surface area contributed by atoms with Gasteiger partial charge in [0, 0.05) is 18.0 Å². The van der Waals surface area contributed by atoms with Crippen molar-refractivity contribution in [1.82, 2.24) is 4.90 Å². The number of rotatable bonds is 6. The molecule has 0 spiro atoms. The van der Waals surface area contributed by atoms with Gasteiger partial charge in [0.25, 0.3) is 0 Å². The smallest absolute Gasteiger partial charge is 0.309 e. The summed E-state index contributed by atoms with van der Waals surface area (Å²) in [5, 5.41) is 2.08. The molecule has 1 rings (SSSR count). The lowest BCUT2D eigenvalue weighted by Crippen LogP contribution is -2.31. The van der Waals surface area contributed by atoms with Crippen molar-refractivity contribution in [3.63, 3.8) is 0 Å². The Labute approximate surface area is 101 Å². The van der Waals surface area contributed by atoms with Crippen LogP contribution in [0.3, 0.4) is 0 Å². The Bertz CT molecular complexity index is 311. The predicted octanol–water partition coefficient (Wildman–Crippen LogP) is 2.38. The van der Waals surface area contributed by atoms with Gasteiger partial charge in [-0.25, -0.2) is 0 Å². The van der Waals surface area contributed by atoms with Crippen molar-refractivity contribution >= 4 is 17.3 Å². The summed E-state index contributed by atoms with van der Waals surface area (Å²) in [6.07, 6.45) is 0. The molecule has 0 radical (unpaired) electrons. The standard InChI is InChI=1S/C12H19NO2S/c1-4-13(8-10(2)12(14)15-3)9-11-6-5-7-16-11/h5-7,10H,4,8-9H2,1-3H3. The molecule has 1 aromatic heterocycles. The highest BCUT2D eigenvalue weighted by atomic mass is 32.1. The Kier molecular flexibility index (Phi) is 5.49. The first kappa shape index (κ1) is 13.2. The third-order valence-corrected chi connectivity index (χ3v) is 3.40. The maximum absolute atomic E-state index is 11.3. The van der Waals surface area contributed by atoms with E-state index in [4.69, 9.17) is 4.74 Å². The fraction of sp³-hybridized carbons (Fsp3) is 0.583. The lowest BCUT2D eigenvalue weighted by atomic mass is 10.1. The minimum atomic E-state index is -0.135. The van der Waals surface area contributed by atoms with Crippen molar-refractivity contribution in [2.75, 3.05) is 20.2 Å². The zero-order valence-corrected chi connectivity index (χ0v) is 10.9. The summed E-state index contributed by atoms with van der Waals surface area (Å²) in [5.74, 6) is -0.199. The van der Waals surface area contributed by atoms with Gasteiger partial charge in [-0.05, 0) is 18.0 Å². The predicted molar refractivity (Wildman–Crippen MR) is 66.5 cm³/mol. The monoisotopic (exact) mass is 241 g/mol. The van der Waals surface area contributed by atoms with Crippen LogP contribution in [0.1, 0.15) is 18.7 Å². The topological polar surface area (TPSA) is 29.5 Å². The van der Waals surface area contributed by atoms with Crippen LogP contribution in [-0.4, -0.2) is 31.1 Å². The zero-order chi connectivity index (χ0) is 12.0. The van der Waals surface area contributed by atoms with E-state index in [-0.39, 0.29) is 11.9 Å². The van der Waals surface area contributed by atoms with Crippen LogP contribution in [-0.2, 0) is 16.1 Å². The summed E-state index contributed by atoms with van der Waals surface area (Å²) in [6.45, 7) is 6.62. The number of methoxy groups -OCH3 is 1. The van der Waals surface area contributed by atoms with Gasteiger partial charge in [0.05, 0.1) is 13.0 Å². The van der Waals surface area contributed by atoms with E-state index < -0.39 is 0 Å². The average molecular weight is 241 g/mol. The largest absolute Gasteiger partial charge is 0.469 e. The van der Waals surface area contributed by atoms with E-state index in [2.05, 4.69) is 29.3 Å². The molecule has 1 heterocycles. The normalized spacial score (nSPS) is 12.8. The molecule has 0 saturated heterocycles. The molecular formula is C12H19NO2S. The Balaban J connectivity index is 2.46. The van der Waals surface area contributed by atoms with Gasteiger partial charge >= 0.3 is 5.97 Å². The molecule has 0 fully saturated rings. The van der Waals surface area contributed by atoms with E-state index in [1.807, 2.05) is 6.92 Å². The van der Waals surface area contributed by atoms with E-state index in [1.54, 1.807) is 11.3 Å². The zero-order valence-electron chi connectivity index (χ0n) is 10.1. The fourth-order valence-corrected chi connectivity index (χ4v) is 2.34. The highest BCUT2D eigenvalue weighted by Gasteiger charge is 2.16. The van der Waals surface area contributed by atoms with Crippen molar-refractivity contribution in [2.24, 2.45) is 5.92 Å². The number of esters is 1. The summed E-state index contributed by atoms with van der Waals surface area (Å²) >= 11 is 1.75. The molecule has 0 aliphatic carbocycles. The Morgan fingerprint density at radius 3 is 2.88 bits per heavy atom. The van der Waals surface area contributed by atoms with Crippen LogP contribution in [0.5, 0.6) is 0 Å². The summed E-state index contributed by atoms with van der Waals surface area (Å²) in [6, 6.07) is 4.17. The molecule has 0 saturated carbocycles. The molecule has 1 atom stereocenters. The molecule has 1 unspecified atom stereocenters. The SMILES string of the molecule is CCN(Cc1cccs1)CC(C)C(=O)OC. The number of hydrogen-bond donors (Lipinski definition) is 0. The molecule has 4 heteroatoms. The van der Waals surface area contributed by atoms with Gasteiger partial charge in [-0.15, -0.1) is 11.3 Å². The first-order valence-electron chi connectivity index (χ1n) is 5.50. The van der Waals surface area contributed by atoms with Gasteiger partial charge in [-0.1, -0.05) is 19.9 Å². The Morgan fingerprint density at radius 2 is 2.38 bits per heavy atom. The summed E-state index contributed by atoms with van der Waals surface area (Å²) in [4.78, 5) is 14.9. The van der Waals surface area contributed by atoms with Crippen LogP contribution in [0.4, 0.5) is 0 Å². The van der Waals surface area contributed by atoms with Crippen LogP contribution in [0.25, 0.3) is 0 Å². The van der Waals surface area contributed by atoms with E-state index in [0.717, 1.165) is 19.6 Å². The number of carbonyl (C=O) groups excluding carboxylic acids is 1. The van der Waals surface area contributed by atoms with Crippen LogP contribution >= 0.6 is 11.3 Å². The number of carbonyl (C=O) groups is 1. The Morgan fingerprint density at radius 1 is 1.62 bits per heavy atom. The molecule has 1 aromatic rings. The second-order valence-corrected chi connectivity index (χ2v) is 4.86. The van der Waals surface area contributed by atoms with Gasteiger partial charge in [0.1, 0.15) is 0 Å². The van der Waals surface area contributed by atoms with Crippen molar-refractivity contribution < 1.29 is 9.53 Å². The molecule has 0 amide bonds. The molecule has 0 aliphatic heterocycles. The lowest BCUT2D eigenvalue weighted by molar-refractivity contribution is -0.145. The van der Waals surface area contributed by atoms with Crippen LogP contribution < -0.4 is 0 Å². The minimum Gasteiger partial charge on any atom is -0.469 e. The van der Waals surface area contributed by atoms with E-state index in [1.165, 1.54) is 12.0 Å². The van der Waals surface area contributed by atoms with Gasteiger partial charge in [-0.3, -0.25) is 9.69 Å². The molecule has 90 valence electrons. The molecule has 16 heavy (non-hydrogen) atoms. The highest BCUT2D eigenvalue weighted by Crippen LogP contribution is 2.13. The average Bonchev–Trinajstić information content (AvgIpc) is 2.79. The van der Waals surface area contributed by atoms with Crippen molar-refractivity contribution in [2.45, 2.75) is 20.4 Å². The van der Waals surface area contributed by atoms with Crippen LogP contribution in [0.15, 0.2) is 17.5 Å². The molecule has 3 nitrogen and oxygen atoms in total. The maximum atomic E-state index is 11.3. The molecule has 0 aromatic carbocycles. The van der Waals surface area contributed by atoms with Crippen LogP contribution in [0.2, 0.25) is 0 Å². The van der Waals surface area contributed by atoms with E-state index in [0.29, 0.717) is 0 Å². The van der Waals surface area contributed by atoms with Crippen molar-refractivity contribution in [1.29, 1.82) is 0 Å². The van der Waals surface area contributed by atoms with Gasteiger partial charge in [-0.2, -0.15) is 0 Å².